The lowest BCUT2D eigenvalue weighted by molar-refractivity contribution is -0.134. The molecule has 1 unspecified atom stereocenters. The number of hydrogen-bond acceptors (Lipinski definition) is 3. The van der Waals surface area contributed by atoms with E-state index in [1.54, 1.807) is 6.92 Å². The second-order valence-corrected chi connectivity index (χ2v) is 1.67. The van der Waals surface area contributed by atoms with Crippen LogP contribution in [0.1, 0.15) is 13.3 Å². The van der Waals surface area contributed by atoms with E-state index in [1.807, 2.05) is 0 Å². The molecule has 0 saturated carbocycles. The lowest BCUT2D eigenvalue weighted by atomic mass is 10.0. The smallest absolute Gasteiger partial charge is 0.205 e. The fourth-order valence-electron chi connectivity index (χ4n) is 0.452. The van der Waals surface area contributed by atoms with Crippen molar-refractivity contribution in [1.82, 2.24) is 0 Å². The van der Waals surface area contributed by atoms with Crippen LogP contribution in [-0.2, 0) is 14.4 Å². The summed E-state index contributed by atoms with van der Waals surface area (Å²) in [5.41, 5.74) is 0. The van der Waals surface area contributed by atoms with Crippen LogP contribution < -0.4 is 0 Å². The first-order valence-electron chi connectivity index (χ1n) is 2.70. The Bertz CT molecular complexity index is 128. The maximum absolute atomic E-state index is 10.4. The van der Waals surface area contributed by atoms with Gasteiger partial charge in [0.25, 0.3) is 0 Å². The van der Waals surface area contributed by atoms with E-state index >= 15 is 0 Å². The topological polar surface area (TPSA) is 51.2 Å². The summed E-state index contributed by atoms with van der Waals surface area (Å²) in [6.45, 7) is 1.68. The minimum absolute atomic E-state index is 0.183. The van der Waals surface area contributed by atoms with Crippen LogP contribution in [0.15, 0.2) is 0 Å². The molecule has 3 nitrogen and oxygen atoms in total. The SMILES string of the molecule is CCC(C=O)C(=O)C=O. The van der Waals surface area contributed by atoms with Crippen LogP contribution >= 0.6 is 0 Å². The van der Waals surface area contributed by atoms with Gasteiger partial charge in [-0.2, -0.15) is 0 Å². The van der Waals surface area contributed by atoms with Gasteiger partial charge in [0.15, 0.2) is 6.29 Å². The van der Waals surface area contributed by atoms with Crippen molar-refractivity contribution in [3.05, 3.63) is 0 Å². The molecule has 0 aromatic carbocycles. The van der Waals surface area contributed by atoms with Gasteiger partial charge in [-0.3, -0.25) is 9.59 Å². The molecule has 50 valence electrons. The molecule has 0 aliphatic carbocycles. The first-order valence-corrected chi connectivity index (χ1v) is 2.70. The Morgan fingerprint density at radius 1 is 1.56 bits per heavy atom. The van der Waals surface area contributed by atoms with E-state index in [0.717, 1.165) is 0 Å². The predicted molar refractivity (Wildman–Crippen MR) is 30.9 cm³/mol. The first-order chi connectivity index (χ1) is 4.26. The number of carbonyl (C=O) groups is 3. The average Bonchev–Trinajstić information content (AvgIpc) is 1.90. The molecule has 0 radical (unpaired) electrons. The summed E-state index contributed by atoms with van der Waals surface area (Å²) in [6.07, 6.45) is 1.08. The van der Waals surface area contributed by atoms with Crippen molar-refractivity contribution in [3.8, 4) is 0 Å². The van der Waals surface area contributed by atoms with Crippen molar-refractivity contribution in [3.63, 3.8) is 0 Å². The van der Waals surface area contributed by atoms with Gasteiger partial charge >= 0.3 is 0 Å². The van der Waals surface area contributed by atoms with Gasteiger partial charge in [0.2, 0.25) is 5.78 Å². The molecule has 9 heavy (non-hydrogen) atoms. The molecule has 0 aliphatic heterocycles. The van der Waals surface area contributed by atoms with Crippen molar-refractivity contribution in [2.24, 2.45) is 5.92 Å². The Morgan fingerprint density at radius 3 is 2.22 bits per heavy atom. The highest BCUT2D eigenvalue weighted by molar-refractivity contribution is 6.29. The van der Waals surface area contributed by atoms with Gasteiger partial charge in [0.05, 0.1) is 5.92 Å². The summed E-state index contributed by atoms with van der Waals surface area (Å²) in [5, 5.41) is 0. The summed E-state index contributed by atoms with van der Waals surface area (Å²) in [4.78, 5) is 30.1. The maximum atomic E-state index is 10.4. The molecule has 0 N–H and O–H groups in total. The van der Waals surface area contributed by atoms with Crippen LogP contribution in [0.25, 0.3) is 0 Å². The lowest BCUT2D eigenvalue weighted by Gasteiger charge is -1.96. The molecular formula is C6H8O3. The van der Waals surface area contributed by atoms with Crippen LogP contribution in [0.5, 0.6) is 0 Å². The molecule has 0 aromatic rings. The van der Waals surface area contributed by atoms with Crippen LogP contribution in [-0.4, -0.2) is 18.4 Å². The van der Waals surface area contributed by atoms with E-state index in [0.29, 0.717) is 12.7 Å². The Kier molecular flexibility index (Phi) is 3.51. The summed E-state index contributed by atoms with van der Waals surface area (Å²) in [5.74, 6) is -1.35. The van der Waals surface area contributed by atoms with Crippen molar-refractivity contribution in [2.75, 3.05) is 0 Å². The fourth-order valence-corrected chi connectivity index (χ4v) is 0.452. The third kappa shape index (κ3) is 2.17. The van der Waals surface area contributed by atoms with Gasteiger partial charge in [-0.05, 0) is 6.42 Å². The van der Waals surface area contributed by atoms with Crippen molar-refractivity contribution in [1.29, 1.82) is 0 Å². The summed E-state index contributed by atoms with van der Waals surface area (Å²) in [6, 6.07) is 0. The highest BCUT2D eigenvalue weighted by Gasteiger charge is 2.12. The molecule has 0 amide bonds. The second kappa shape index (κ2) is 3.95. The van der Waals surface area contributed by atoms with Crippen molar-refractivity contribution < 1.29 is 14.4 Å². The van der Waals surface area contributed by atoms with E-state index in [-0.39, 0.29) is 6.29 Å². The molecule has 0 aliphatic rings. The number of carbonyl (C=O) groups excluding carboxylic acids is 3. The minimum Gasteiger partial charge on any atom is -0.303 e. The van der Waals surface area contributed by atoms with Crippen molar-refractivity contribution in [2.45, 2.75) is 13.3 Å². The number of Topliss-reactive ketones (excluding diaryl/α,β-unsaturated/α-hetero) is 1. The monoisotopic (exact) mass is 128 g/mol. The molecule has 1 atom stereocenters. The van der Waals surface area contributed by atoms with Crippen LogP contribution in [0.3, 0.4) is 0 Å². The zero-order valence-electron chi connectivity index (χ0n) is 5.16. The Hall–Kier alpha value is -0.990. The zero-order valence-corrected chi connectivity index (χ0v) is 5.16. The molecule has 0 heterocycles. The van der Waals surface area contributed by atoms with E-state index in [4.69, 9.17) is 0 Å². The van der Waals surface area contributed by atoms with Gasteiger partial charge in [-0.15, -0.1) is 0 Å². The standard InChI is InChI=1S/C6H8O3/c1-2-5(3-7)6(9)4-8/h3-5H,2H2,1H3. The number of aldehydes is 2. The van der Waals surface area contributed by atoms with E-state index in [9.17, 15) is 14.4 Å². The minimum atomic E-state index is -0.720. The predicted octanol–water partition coefficient (Wildman–Crippen LogP) is -0.0205. The van der Waals surface area contributed by atoms with E-state index < -0.39 is 11.7 Å². The zero-order chi connectivity index (χ0) is 7.28. The van der Waals surface area contributed by atoms with Gasteiger partial charge in [0.1, 0.15) is 6.29 Å². The van der Waals surface area contributed by atoms with Gasteiger partial charge in [0, 0.05) is 0 Å². The first kappa shape index (κ1) is 8.01. The Labute approximate surface area is 53.0 Å². The number of hydrogen-bond donors (Lipinski definition) is 0. The highest BCUT2D eigenvalue weighted by Crippen LogP contribution is 1.96. The number of ketones is 1. The summed E-state index contributed by atoms with van der Waals surface area (Å²) >= 11 is 0. The summed E-state index contributed by atoms with van der Waals surface area (Å²) < 4.78 is 0. The van der Waals surface area contributed by atoms with Crippen molar-refractivity contribution >= 4 is 18.4 Å². The highest BCUT2D eigenvalue weighted by atomic mass is 16.2. The second-order valence-electron chi connectivity index (χ2n) is 1.67. The molecule has 0 rings (SSSR count). The normalized spacial score (nSPS) is 12.1. The Balaban J connectivity index is 3.93. The molecular weight excluding hydrogens is 120 g/mol. The van der Waals surface area contributed by atoms with Gasteiger partial charge in [-0.1, -0.05) is 6.92 Å². The van der Waals surface area contributed by atoms with Gasteiger partial charge < -0.3 is 4.79 Å². The summed E-state index contributed by atoms with van der Waals surface area (Å²) in [7, 11) is 0. The van der Waals surface area contributed by atoms with E-state index in [2.05, 4.69) is 0 Å². The molecule has 0 fully saturated rings. The molecule has 0 aromatic heterocycles. The maximum Gasteiger partial charge on any atom is 0.205 e. The number of rotatable bonds is 4. The molecule has 0 bridgehead atoms. The molecule has 0 saturated heterocycles. The van der Waals surface area contributed by atoms with E-state index in [1.165, 1.54) is 0 Å². The quantitative estimate of drug-likeness (QED) is 0.303. The van der Waals surface area contributed by atoms with Gasteiger partial charge in [-0.25, -0.2) is 0 Å². The fraction of sp³-hybridized carbons (Fsp3) is 0.500. The molecule has 0 spiro atoms. The largest absolute Gasteiger partial charge is 0.303 e. The van der Waals surface area contributed by atoms with Crippen LogP contribution in [0.4, 0.5) is 0 Å². The van der Waals surface area contributed by atoms with Crippen LogP contribution in [0.2, 0.25) is 0 Å². The average molecular weight is 128 g/mol. The third-order valence-electron chi connectivity index (χ3n) is 1.09. The lowest BCUT2D eigenvalue weighted by Crippen LogP contribution is -2.15. The Morgan fingerprint density at radius 2 is 2.11 bits per heavy atom. The third-order valence-corrected chi connectivity index (χ3v) is 1.09. The van der Waals surface area contributed by atoms with Crippen LogP contribution in [0, 0.1) is 5.92 Å². The molecule has 3 heteroatoms.